The summed E-state index contributed by atoms with van der Waals surface area (Å²) in [6.07, 6.45) is 0.464. The summed E-state index contributed by atoms with van der Waals surface area (Å²) in [4.78, 5) is 11.4. The lowest BCUT2D eigenvalue weighted by Crippen LogP contribution is -2.04. The van der Waals surface area contributed by atoms with Gasteiger partial charge in [-0.3, -0.25) is 4.79 Å². The molecule has 2 nitrogen and oxygen atoms in total. The second-order valence-electron chi connectivity index (χ2n) is 2.91. The van der Waals surface area contributed by atoms with Crippen LogP contribution in [-0.4, -0.2) is 5.78 Å². The van der Waals surface area contributed by atoms with E-state index >= 15 is 0 Å². The lowest BCUT2D eigenvalue weighted by molar-refractivity contribution is 0.0989. The van der Waals surface area contributed by atoms with Gasteiger partial charge >= 0.3 is 0 Å². The van der Waals surface area contributed by atoms with Crippen molar-refractivity contribution in [2.75, 3.05) is 5.73 Å². The third kappa shape index (κ3) is 1.83. The maximum Gasteiger partial charge on any atom is 0.164 e. The van der Waals surface area contributed by atoms with E-state index in [1.807, 2.05) is 13.8 Å². The molecule has 0 aliphatic rings. The van der Waals surface area contributed by atoms with Gasteiger partial charge in [-0.1, -0.05) is 18.5 Å². The average Bonchev–Trinajstić information content (AvgIpc) is 2.13. The van der Waals surface area contributed by atoms with Crippen LogP contribution in [0.4, 0.5) is 5.69 Å². The van der Waals surface area contributed by atoms with E-state index in [2.05, 4.69) is 0 Å². The average molecular weight is 198 g/mol. The number of carbonyl (C=O) groups is 1. The first-order chi connectivity index (χ1) is 6.07. The van der Waals surface area contributed by atoms with Gasteiger partial charge in [0, 0.05) is 22.7 Å². The molecule has 0 aliphatic heterocycles. The normalized spacial score (nSPS) is 10.1. The fraction of sp³-hybridized carbons (Fsp3) is 0.300. The fourth-order valence-electron chi connectivity index (χ4n) is 1.14. The summed E-state index contributed by atoms with van der Waals surface area (Å²) in [5.74, 6) is 0.0530. The SMILES string of the molecule is CCC(=O)c1ccc(Cl)c(C)c1N. The van der Waals surface area contributed by atoms with Gasteiger partial charge in [0.05, 0.1) is 0 Å². The van der Waals surface area contributed by atoms with Crippen LogP contribution in [-0.2, 0) is 0 Å². The van der Waals surface area contributed by atoms with Crippen molar-refractivity contribution in [3.8, 4) is 0 Å². The molecule has 0 radical (unpaired) electrons. The first-order valence-corrected chi connectivity index (χ1v) is 4.53. The topological polar surface area (TPSA) is 43.1 Å². The molecule has 0 saturated carbocycles. The highest BCUT2D eigenvalue weighted by atomic mass is 35.5. The maximum atomic E-state index is 11.4. The Morgan fingerprint density at radius 2 is 2.15 bits per heavy atom. The summed E-state index contributed by atoms with van der Waals surface area (Å²) >= 11 is 5.84. The number of carbonyl (C=O) groups excluding carboxylic acids is 1. The van der Waals surface area contributed by atoms with E-state index < -0.39 is 0 Å². The molecule has 0 aromatic heterocycles. The zero-order valence-electron chi connectivity index (χ0n) is 7.73. The van der Waals surface area contributed by atoms with E-state index in [0.717, 1.165) is 5.56 Å². The molecule has 2 N–H and O–H groups in total. The van der Waals surface area contributed by atoms with E-state index in [0.29, 0.717) is 22.7 Å². The fourth-order valence-corrected chi connectivity index (χ4v) is 1.30. The Morgan fingerprint density at radius 3 is 2.69 bits per heavy atom. The maximum absolute atomic E-state index is 11.4. The van der Waals surface area contributed by atoms with Gasteiger partial charge < -0.3 is 5.73 Å². The number of rotatable bonds is 2. The number of Topliss-reactive ketones (excluding diaryl/α,β-unsaturated/α-hetero) is 1. The van der Waals surface area contributed by atoms with Crippen LogP contribution in [0.15, 0.2) is 12.1 Å². The molecule has 0 saturated heterocycles. The van der Waals surface area contributed by atoms with Crippen LogP contribution in [0.5, 0.6) is 0 Å². The third-order valence-electron chi connectivity index (χ3n) is 2.07. The van der Waals surface area contributed by atoms with Gasteiger partial charge in [-0.15, -0.1) is 0 Å². The third-order valence-corrected chi connectivity index (χ3v) is 2.48. The zero-order chi connectivity index (χ0) is 10.0. The number of hydrogen-bond acceptors (Lipinski definition) is 2. The lowest BCUT2D eigenvalue weighted by atomic mass is 10.0. The summed E-state index contributed by atoms with van der Waals surface area (Å²) in [6, 6.07) is 3.38. The highest BCUT2D eigenvalue weighted by Gasteiger charge is 2.10. The first kappa shape index (κ1) is 10.1. The molecular weight excluding hydrogens is 186 g/mol. The summed E-state index contributed by atoms with van der Waals surface area (Å²) in [6.45, 7) is 3.62. The van der Waals surface area contributed by atoms with Gasteiger partial charge in [0.2, 0.25) is 0 Å². The Labute approximate surface area is 82.7 Å². The van der Waals surface area contributed by atoms with Gasteiger partial charge in [-0.25, -0.2) is 0 Å². The predicted octanol–water partition coefficient (Wildman–Crippen LogP) is 2.82. The molecule has 13 heavy (non-hydrogen) atoms. The minimum atomic E-state index is 0.0530. The van der Waals surface area contributed by atoms with Crippen molar-refractivity contribution in [2.45, 2.75) is 20.3 Å². The largest absolute Gasteiger partial charge is 0.398 e. The van der Waals surface area contributed by atoms with Gasteiger partial charge in [0.15, 0.2) is 5.78 Å². The number of anilines is 1. The van der Waals surface area contributed by atoms with Crippen LogP contribution in [0, 0.1) is 6.92 Å². The van der Waals surface area contributed by atoms with Crippen molar-refractivity contribution in [3.05, 3.63) is 28.3 Å². The molecule has 0 atom stereocenters. The summed E-state index contributed by atoms with van der Waals surface area (Å²) in [7, 11) is 0. The first-order valence-electron chi connectivity index (χ1n) is 4.15. The van der Waals surface area contributed by atoms with E-state index in [1.54, 1.807) is 12.1 Å². The predicted molar refractivity (Wildman–Crippen MR) is 55.2 cm³/mol. The van der Waals surface area contributed by atoms with Crippen molar-refractivity contribution in [2.24, 2.45) is 0 Å². The van der Waals surface area contributed by atoms with Crippen LogP contribution < -0.4 is 5.73 Å². The molecule has 0 spiro atoms. The number of hydrogen-bond donors (Lipinski definition) is 1. The molecule has 1 aromatic rings. The number of nitrogen functional groups attached to an aromatic ring is 1. The van der Waals surface area contributed by atoms with E-state index in [9.17, 15) is 4.79 Å². The van der Waals surface area contributed by atoms with Crippen molar-refractivity contribution in [3.63, 3.8) is 0 Å². The molecule has 1 rings (SSSR count). The molecule has 1 aromatic carbocycles. The molecule has 0 aliphatic carbocycles. The smallest absolute Gasteiger partial charge is 0.164 e. The molecule has 0 fully saturated rings. The Kier molecular flexibility index (Phi) is 2.94. The molecule has 3 heteroatoms. The van der Waals surface area contributed by atoms with Crippen LogP contribution in [0.3, 0.4) is 0 Å². The second-order valence-corrected chi connectivity index (χ2v) is 3.32. The molecule has 0 heterocycles. The van der Waals surface area contributed by atoms with Crippen LogP contribution in [0.1, 0.15) is 29.3 Å². The van der Waals surface area contributed by atoms with Gasteiger partial charge in [0.25, 0.3) is 0 Å². The van der Waals surface area contributed by atoms with Crippen LogP contribution in [0.2, 0.25) is 5.02 Å². The summed E-state index contributed by atoms with van der Waals surface area (Å²) < 4.78 is 0. The molecule has 70 valence electrons. The quantitative estimate of drug-likeness (QED) is 0.585. The Bertz CT molecular complexity index is 347. The minimum Gasteiger partial charge on any atom is -0.398 e. The minimum absolute atomic E-state index is 0.0530. The standard InChI is InChI=1S/C10H12ClNO/c1-3-9(13)7-4-5-8(11)6(2)10(7)12/h4-5H,3,12H2,1-2H3. The van der Waals surface area contributed by atoms with E-state index in [-0.39, 0.29) is 5.78 Å². The number of nitrogens with two attached hydrogens (primary N) is 1. The van der Waals surface area contributed by atoms with Crippen LogP contribution >= 0.6 is 11.6 Å². The van der Waals surface area contributed by atoms with Crippen LogP contribution in [0.25, 0.3) is 0 Å². The molecule has 0 unspecified atom stereocenters. The lowest BCUT2D eigenvalue weighted by Gasteiger charge is -2.07. The Hall–Kier alpha value is -1.02. The summed E-state index contributed by atoms with van der Waals surface area (Å²) in [5.41, 5.74) is 7.61. The number of halogens is 1. The zero-order valence-corrected chi connectivity index (χ0v) is 8.48. The molecule has 0 bridgehead atoms. The Balaban J connectivity index is 3.26. The van der Waals surface area contributed by atoms with Crippen molar-refractivity contribution < 1.29 is 4.79 Å². The highest BCUT2D eigenvalue weighted by Crippen LogP contribution is 2.25. The molecule has 0 amide bonds. The van der Waals surface area contributed by atoms with E-state index in [4.69, 9.17) is 17.3 Å². The molecular formula is C10H12ClNO. The van der Waals surface area contributed by atoms with Crippen molar-refractivity contribution in [1.82, 2.24) is 0 Å². The van der Waals surface area contributed by atoms with E-state index in [1.165, 1.54) is 0 Å². The second kappa shape index (κ2) is 3.79. The number of benzene rings is 1. The van der Waals surface area contributed by atoms with Gasteiger partial charge in [-0.05, 0) is 24.6 Å². The number of ketones is 1. The van der Waals surface area contributed by atoms with Gasteiger partial charge in [-0.2, -0.15) is 0 Å². The monoisotopic (exact) mass is 197 g/mol. The van der Waals surface area contributed by atoms with Crippen molar-refractivity contribution in [1.29, 1.82) is 0 Å². The Morgan fingerprint density at radius 1 is 1.54 bits per heavy atom. The van der Waals surface area contributed by atoms with Gasteiger partial charge in [0.1, 0.15) is 0 Å². The van der Waals surface area contributed by atoms with Crippen molar-refractivity contribution >= 4 is 23.1 Å². The highest BCUT2D eigenvalue weighted by molar-refractivity contribution is 6.32. The summed E-state index contributed by atoms with van der Waals surface area (Å²) in [5, 5.41) is 0.602.